The molecule has 9 heteroatoms. The summed E-state index contributed by atoms with van der Waals surface area (Å²) in [6.45, 7) is 0. The molecule has 0 atom stereocenters. The molecule has 0 unspecified atom stereocenters. The minimum Gasteiger partial charge on any atom is -0.321 e. The van der Waals surface area contributed by atoms with Gasteiger partial charge in [-0.25, -0.2) is 12.8 Å². The third-order valence-electron chi connectivity index (χ3n) is 2.86. The van der Waals surface area contributed by atoms with Crippen molar-refractivity contribution in [2.45, 2.75) is 10.7 Å². The van der Waals surface area contributed by atoms with E-state index in [2.05, 4.69) is 21.2 Å². The molecule has 23 heavy (non-hydrogen) atoms. The van der Waals surface area contributed by atoms with Gasteiger partial charge in [-0.05, 0) is 58.4 Å². The van der Waals surface area contributed by atoms with E-state index < -0.39 is 32.2 Å². The molecule has 0 saturated carbocycles. The lowest BCUT2D eigenvalue weighted by Crippen LogP contribution is -2.14. The van der Waals surface area contributed by atoms with Gasteiger partial charge in [0.15, 0.2) is 0 Å². The Bertz CT molecular complexity index is 839. The average molecular weight is 408 g/mol. The van der Waals surface area contributed by atoms with Crippen molar-refractivity contribution in [3.05, 3.63) is 58.3 Å². The first kappa shape index (κ1) is 17.5. The van der Waals surface area contributed by atoms with Gasteiger partial charge in [0.25, 0.3) is 5.91 Å². The lowest BCUT2D eigenvalue weighted by molar-refractivity contribution is 0.102. The fraction of sp³-hybridized carbons (Fsp3) is 0.0714. The number of halogens is 4. The SMILES string of the molecule is O=C(Nc1ccc(F)cc1Br)c1ccc(S(=O)(=O)C(F)F)cc1. The second-order valence-corrected chi connectivity index (χ2v) is 7.18. The Balaban J connectivity index is 2.21. The van der Waals surface area contributed by atoms with Crippen molar-refractivity contribution in [3.63, 3.8) is 0 Å². The highest BCUT2D eigenvalue weighted by molar-refractivity contribution is 9.10. The number of carbonyl (C=O) groups excluding carboxylic acids is 1. The maximum Gasteiger partial charge on any atom is 0.341 e. The predicted octanol–water partition coefficient (Wildman–Crippen LogP) is 3.84. The predicted molar refractivity (Wildman–Crippen MR) is 81.7 cm³/mol. The Kier molecular flexibility index (Phi) is 5.10. The molecule has 0 spiro atoms. The standard InChI is InChI=1S/C14H9BrF3NO3S/c15-11-7-9(16)3-6-12(11)19-13(20)8-1-4-10(5-2-8)23(21,22)14(17)18/h1-7,14H,(H,19,20). The van der Waals surface area contributed by atoms with E-state index >= 15 is 0 Å². The molecule has 0 heterocycles. The van der Waals surface area contributed by atoms with Crippen LogP contribution in [0.2, 0.25) is 0 Å². The quantitative estimate of drug-likeness (QED) is 0.837. The summed E-state index contributed by atoms with van der Waals surface area (Å²) >= 11 is 3.08. The first-order valence-electron chi connectivity index (χ1n) is 6.10. The van der Waals surface area contributed by atoms with Gasteiger partial charge in [-0.3, -0.25) is 4.79 Å². The van der Waals surface area contributed by atoms with Crippen molar-refractivity contribution >= 4 is 37.4 Å². The highest BCUT2D eigenvalue weighted by Crippen LogP contribution is 2.24. The molecule has 0 saturated heterocycles. The smallest absolute Gasteiger partial charge is 0.321 e. The van der Waals surface area contributed by atoms with Crippen LogP contribution in [-0.4, -0.2) is 20.1 Å². The van der Waals surface area contributed by atoms with E-state index in [-0.39, 0.29) is 5.56 Å². The molecule has 122 valence electrons. The highest BCUT2D eigenvalue weighted by Gasteiger charge is 2.26. The second kappa shape index (κ2) is 6.71. The van der Waals surface area contributed by atoms with E-state index in [0.717, 1.165) is 36.4 Å². The van der Waals surface area contributed by atoms with Crippen molar-refractivity contribution in [2.75, 3.05) is 5.32 Å². The zero-order valence-electron chi connectivity index (χ0n) is 11.3. The molecule has 0 radical (unpaired) electrons. The lowest BCUT2D eigenvalue weighted by atomic mass is 10.2. The third-order valence-corrected chi connectivity index (χ3v) is 4.91. The van der Waals surface area contributed by atoms with Gasteiger partial charge in [-0.2, -0.15) is 8.78 Å². The number of sulfone groups is 1. The topological polar surface area (TPSA) is 63.2 Å². The van der Waals surface area contributed by atoms with Crippen LogP contribution in [0.1, 0.15) is 10.4 Å². The van der Waals surface area contributed by atoms with Crippen LogP contribution < -0.4 is 5.32 Å². The van der Waals surface area contributed by atoms with E-state index in [1.165, 1.54) is 6.07 Å². The number of anilines is 1. The first-order chi connectivity index (χ1) is 10.7. The number of rotatable bonds is 4. The third kappa shape index (κ3) is 3.91. The van der Waals surface area contributed by atoms with Gasteiger partial charge in [0, 0.05) is 10.0 Å². The molecule has 0 aliphatic heterocycles. The molecule has 2 rings (SSSR count). The van der Waals surface area contributed by atoms with Gasteiger partial charge in [0.2, 0.25) is 9.84 Å². The zero-order chi connectivity index (χ0) is 17.2. The number of hydrogen-bond acceptors (Lipinski definition) is 3. The Morgan fingerprint density at radius 3 is 2.22 bits per heavy atom. The maximum atomic E-state index is 13.0. The summed E-state index contributed by atoms with van der Waals surface area (Å²) in [5.74, 6) is -4.62. The van der Waals surface area contributed by atoms with Crippen molar-refractivity contribution < 1.29 is 26.4 Å². The van der Waals surface area contributed by atoms with Crippen LogP contribution in [0.25, 0.3) is 0 Å². The summed E-state index contributed by atoms with van der Waals surface area (Å²) in [4.78, 5) is 11.4. The molecule has 1 N–H and O–H groups in total. The van der Waals surface area contributed by atoms with Gasteiger partial charge in [-0.15, -0.1) is 0 Å². The molecule has 2 aromatic carbocycles. The van der Waals surface area contributed by atoms with Crippen molar-refractivity contribution in [1.29, 1.82) is 0 Å². The van der Waals surface area contributed by atoms with Crippen molar-refractivity contribution in [3.8, 4) is 0 Å². The number of alkyl halides is 2. The van der Waals surface area contributed by atoms with Crippen LogP contribution in [0, 0.1) is 5.82 Å². The molecule has 4 nitrogen and oxygen atoms in total. The van der Waals surface area contributed by atoms with Gasteiger partial charge < -0.3 is 5.32 Å². The summed E-state index contributed by atoms with van der Waals surface area (Å²) in [7, 11) is -4.70. The fourth-order valence-corrected chi connectivity index (χ4v) is 2.86. The molecule has 0 aliphatic rings. The van der Waals surface area contributed by atoms with E-state index in [1.54, 1.807) is 0 Å². The molecule has 0 aliphatic carbocycles. The monoisotopic (exact) mass is 407 g/mol. The van der Waals surface area contributed by atoms with Crippen molar-refractivity contribution in [2.24, 2.45) is 0 Å². The van der Waals surface area contributed by atoms with E-state index in [4.69, 9.17) is 0 Å². The fourth-order valence-electron chi connectivity index (χ4n) is 1.68. The normalized spacial score (nSPS) is 11.5. The molecular weight excluding hydrogens is 399 g/mol. The average Bonchev–Trinajstić information content (AvgIpc) is 2.50. The second-order valence-electron chi connectivity index (χ2n) is 4.41. The van der Waals surface area contributed by atoms with Crippen LogP contribution in [0.15, 0.2) is 51.8 Å². The summed E-state index contributed by atoms with van der Waals surface area (Å²) in [5.41, 5.74) is 0.370. The van der Waals surface area contributed by atoms with Crippen LogP contribution in [-0.2, 0) is 9.84 Å². The largest absolute Gasteiger partial charge is 0.341 e. The Labute approximate surface area is 138 Å². The van der Waals surface area contributed by atoms with Crippen LogP contribution in [0.3, 0.4) is 0 Å². The summed E-state index contributed by atoms with van der Waals surface area (Å²) in [6.07, 6.45) is 0. The molecular formula is C14H9BrF3NO3S. The number of amides is 1. The molecule has 0 aromatic heterocycles. The Morgan fingerprint density at radius 2 is 1.70 bits per heavy atom. The summed E-state index contributed by atoms with van der Waals surface area (Å²) in [5, 5.41) is 2.48. The molecule has 2 aromatic rings. The van der Waals surface area contributed by atoms with Gasteiger partial charge in [0.05, 0.1) is 10.6 Å². The summed E-state index contributed by atoms with van der Waals surface area (Å²) < 4.78 is 60.7. The van der Waals surface area contributed by atoms with Crippen molar-refractivity contribution in [1.82, 2.24) is 0 Å². The van der Waals surface area contributed by atoms with E-state index in [9.17, 15) is 26.4 Å². The number of carbonyl (C=O) groups is 1. The van der Waals surface area contributed by atoms with Crippen LogP contribution in [0.4, 0.5) is 18.9 Å². The number of nitrogens with one attached hydrogen (secondary N) is 1. The zero-order valence-corrected chi connectivity index (χ0v) is 13.7. The van der Waals surface area contributed by atoms with Gasteiger partial charge in [0.1, 0.15) is 5.82 Å². The minimum atomic E-state index is -4.70. The number of hydrogen-bond donors (Lipinski definition) is 1. The van der Waals surface area contributed by atoms with Crippen LogP contribution in [0.5, 0.6) is 0 Å². The van der Waals surface area contributed by atoms with E-state index in [0.29, 0.717) is 10.2 Å². The number of benzene rings is 2. The van der Waals surface area contributed by atoms with Gasteiger partial charge in [-0.1, -0.05) is 0 Å². The summed E-state index contributed by atoms with van der Waals surface area (Å²) in [6, 6.07) is 7.73. The van der Waals surface area contributed by atoms with E-state index in [1.807, 2.05) is 0 Å². The maximum absolute atomic E-state index is 13.0. The minimum absolute atomic E-state index is 0.0643. The highest BCUT2D eigenvalue weighted by atomic mass is 79.9. The Morgan fingerprint density at radius 1 is 1.09 bits per heavy atom. The first-order valence-corrected chi connectivity index (χ1v) is 8.44. The molecule has 0 fully saturated rings. The molecule has 1 amide bonds. The molecule has 0 bridgehead atoms. The Hall–Kier alpha value is -1.87. The van der Waals surface area contributed by atoms with Gasteiger partial charge >= 0.3 is 5.76 Å². The lowest BCUT2D eigenvalue weighted by Gasteiger charge is -2.08. The van der Waals surface area contributed by atoms with Crippen LogP contribution >= 0.6 is 15.9 Å².